The van der Waals surface area contributed by atoms with Crippen molar-refractivity contribution in [3.8, 4) is 0 Å². The summed E-state index contributed by atoms with van der Waals surface area (Å²) in [4.78, 5) is 4.70. The molecule has 5 heteroatoms. The lowest BCUT2D eigenvalue weighted by atomic mass is 9.99. The molecule has 0 amide bonds. The Morgan fingerprint density at radius 1 is 1.12 bits per heavy atom. The minimum Gasteiger partial charge on any atom is -0.384 e. The van der Waals surface area contributed by atoms with E-state index in [-0.39, 0.29) is 0 Å². The van der Waals surface area contributed by atoms with Crippen LogP contribution in [0.2, 0.25) is 0 Å². The summed E-state index contributed by atoms with van der Waals surface area (Å²) in [6.07, 6.45) is 0. The average molecular weight is 368 g/mol. The van der Waals surface area contributed by atoms with Crippen molar-refractivity contribution in [2.45, 2.75) is 26.0 Å². The number of aliphatic hydroxyl groups is 1. The van der Waals surface area contributed by atoms with Gasteiger partial charge in [0, 0.05) is 6.54 Å². The third-order valence-corrected chi connectivity index (χ3v) is 5.06. The zero-order valence-corrected chi connectivity index (χ0v) is 16.0. The Hall–Kier alpha value is -2.37. The Bertz CT molecular complexity index is 867. The van der Waals surface area contributed by atoms with Gasteiger partial charge < -0.3 is 15.7 Å². The molecule has 1 atom stereocenters. The van der Waals surface area contributed by atoms with Crippen molar-refractivity contribution in [3.05, 3.63) is 70.4 Å². The monoisotopic (exact) mass is 367 g/mol. The third-order valence-electron chi connectivity index (χ3n) is 4.37. The molecule has 0 fully saturated rings. The topological polar surface area (TPSA) is 56.7 Å². The fourth-order valence-corrected chi connectivity index (χ4v) is 3.65. The van der Waals surface area contributed by atoms with Crippen LogP contribution in [0.15, 0.2) is 64.3 Å². The first-order valence-electron chi connectivity index (χ1n) is 8.84. The number of hydrogen-bond donors (Lipinski definition) is 3. The fraction of sp³-hybridized carbons (Fsp3) is 0.286. The maximum absolute atomic E-state index is 10.7. The summed E-state index contributed by atoms with van der Waals surface area (Å²) in [5.41, 5.74) is 1.17. The smallest absolute Gasteiger partial charge is 0.191 e. The van der Waals surface area contributed by atoms with E-state index in [2.05, 4.69) is 47.0 Å². The first-order valence-corrected chi connectivity index (χ1v) is 9.78. The molecule has 0 spiro atoms. The number of guanidine groups is 1. The highest BCUT2D eigenvalue weighted by Gasteiger charge is 2.23. The first kappa shape index (κ1) is 18.4. The highest BCUT2D eigenvalue weighted by atomic mass is 32.1. The molecule has 4 nitrogen and oxygen atoms in total. The molecule has 0 saturated heterocycles. The van der Waals surface area contributed by atoms with E-state index in [1.807, 2.05) is 36.7 Å². The molecular formula is C21H25N3OS. The predicted octanol–water partition coefficient (Wildman–Crippen LogP) is 3.86. The van der Waals surface area contributed by atoms with Crippen molar-refractivity contribution < 1.29 is 5.11 Å². The highest BCUT2D eigenvalue weighted by Crippen LogP contribution is 2.22. The molecule has 3 rings (SSSR count). The number of benzene rings is 2. The number of thiophene rings is 1. The molecule has 0 bridgehead atoms. The minimum atomic E-state index is -0.935. The quantitative estimate of drug-likeness (QED) is 0.458. The van der Waals surface area contributed by atoms with Gasteiger partial charge in [-0.15, -0.1) is 0 Å². The number of rotatable bonds is 6. The van der Waals surface area contributed by atoms with Gasteiger partial charge in [0.1, 0.15) is 5.60 Å². The SMILES string of the molecule is CCNC(=NCc1cccc2ccccc12)NCC(C)(O)c1ccsc1. The van der Waals surface area contributed by atoms with Crippen LogP contribution in [-0.4, -0.2) is 24.2 Å². The van der Waals surface area contributed by atoms with Gasteiger partial charge in [0.15, 0.2) is 5.96 Å². The molecular weight excluding hydrogens is 342 g/mol. The summed E-state index contributed by atoms with van der Waals surface area (Å²) in [6.45, 7) is 5.59. The molecule has 2 aromatic carbocycles. The molecule has 0 saturated carbocycles. The van der Waals surface area contributed by atoms with Crippen molar-refractivity contribution in [1.29, 1.82) is 0 Å². The fourth-order valence-electron chi connectivity index (χ4n) is 2.87. The van der Waals surface area contributed by atoms with E-state index in [0.29, 0.717) is 19.0 Å². The Kier molecular flexibility index (Phi) is 5.91. The number of nitrogens with one attached hydrogen (secondary N) is 2. The van der Waals surface area contributed by atoms with E-state index in [1.165, 1.54) is 16.3 Å². The van der Waals surface area contributed by atoms with Crippen LogP contribution in [0.4, 0.5) is 0 Å². The second-order valence-corrected chi connectivity index (χ2v) is 7.25. The summed E-state index contributed by atoms with van der Waals surface area (Å²) >= 11 is 1.59. The van der Waals surface area contributed by atoms with Gasteiger partial charge >= 0.3 is 0 Å². The molecule has 1 aromatic heterocycles. The van der Waals surface area contributed by atoms with Crippen molar-refractivity contribution in [1.82, 2.24) is 10.6 Å². The van der Waals surface area contributed by atoms with E-state index in [1.54, 1.807) is 11.3 Å². The zero-order valence-electron chi connectivity index (χ0n) is 15.2. The summed E-state index contributed by atoms with van der Waals surface area (Å²) < 4.78 is 0. The van der Waals surface area contributed by atoms with Crippen LogP contribution in [0, 0.1) is 0 Å². The van der Waals surface area contributed by atoms with Crippen molar-refractivity contribution in [2.24, 2.45) is 4.99 Å². The van der Waals surface area contributed by atoms with Gasteiger partial charge in [-0.2, -0.15) is 11.3 Å². The van der Waals surface area contributed by atoms with Gasteiger partial charge in [-0.3, -0.25) is 0 Å². The Morgan fingerprint density at radius 3 is 2.69 bits per heavy atom. The van der Waals surface area contributed by atoms with Crippen molar-refractivity contribution >= 4 is 28.1 Å². The third kappa shape index (κ3) is 4.42. The molecule has 3 N–H and O–H groups in total. The second kappa shape index (κ2) is 8.34. The van der Waals surface area contributed by atoms with Gasteiger partial charge in [0.2, 0.25) is 0 Å². The Labute approximate surface area is 158 Å². The summed E-state index contributed by atoms with van der Waals surface area (Å²) in [6, 6.07) is 16.6. The van der Waals surface area contributed by atoms with Crippen LogP contribution >= 0.6 is 11.3 Å². The second-order valence-electron chi connectivity index (χ2n) is 6.47. The van der Waals surface area contributed by atoms with Gasteiger partial charge in [0.05, 0.1) is 13.1 Å². The highest BCUT2D eigenvalue weighted by molar-refractivity contribution is 7.08. The summed E-state index contributed by atoms with van der Waals surface area (Å²) in [5, 5.41) is 23.6. The number of nitrogens with zero attached hydrogens (tertiary/aromatic N) is 1. The molecule has 26 heavy (non-hydrogen) atoms. The molecule has 1 heterocycles. The van der Waals surface area contributed by atoms with Gasteiger partial charge in [0.25, 0.3) is 0 Å². The van der Waals surface area contributed by atoms with Crippen molar-refractivity contribution in [2.75, 3.05) is 13.1 Å². The number of fused-ring (bicyclic) bond motifs is 1. The molecule has 0 aliphatic carbocycles. The minimum absolute atomic E-state index is 0.394. The zero-order chi connectivity index (χ0) is 18.4. The van der Waals surface area contributed by atoms with Gasteiger partial charge in [-0.25, -0.2) is 4.99 Å². The Balaban J connectivity index is 1.73. The Morgan fingerprint density at radius 2 is 1.92 bits per heavy atom. The van der Waals surface area contributed by atoms with Crippen LogP contribution in [0.3, 0.4) is 0 Å². The lowest BCUT2D eigenvalue weighted by Gasteiger charge is -2.24. The van der Waals surface area contributed by atoms with E-state index in [4.69, 9.17) is 4.99 Å². The molecule has 0 aliphatic rings. The lowest BCUT2D eigenvalue weighted by molar-refractivity contribution is 0.0621. The summed E-state index contributed by atoms with van der Waals surface area (Å²) in [7, 11) is 0. The van der Waals surface area contributed by atoms with Crippen molar-refractivity contribution in [3.63, 3.8) is 0 Å². The van der Waals surface area contributed by atoms with Gasteiger partial charge in [-0.05, 0) is 52.6 Å². The molecule has 136 valence electrons. The maximum atomic E-state index is 10.7. The molecule has 0 aliphatic heterocycles. The van der Waals surface area contributed by atoms with Crippen LogP contribution in [0.25, 0.3) is 10.8 Å². The normalized spacial score (nSPS) is 14.2. The van der Waals surface area contributed by atoms with E-state index in [0.717, 1.165) is 12.1 Å². The molecule has 1 unspecified atom stereocenters. The summed E-state index contributed by atoms with van der Waals surface area (Å²) in [5.74, 6) is 0.705. The van der Waals surface area contributed by atoms with E-state index in [9.17, 15) is 5.11 Å². The molecule has 0 radical (unpaired) electrons. The first-order chi connectivity index (χ1) is 12.6. The number of hydrogen-bond acceptors (Lipinski definition) is 3. The van der Waals surface area contributed by atoms with Crippen LogP contribution < -0.4 is 10.6 Å². The van der Waals surface area contributed by atoms with Gasteiger partial charge in [-0.1, -0.05) is 42.5 Å². The van der Waals surface area contributed by atoms with Crippen LogP contribution in [-0.2, 0) is 12.1 Å². The largest absolute Gasteiger partial charge is 0.384 e. The van der Waals surface area contributed by atoms with Crippen LogP contribution in [0.5, 0.6) is 0 Å². The van der Waals surface area contributed by atoms with E-state index >= 15 is 0 Å². The van der Waals surface area contributed by atoms with E-state index < -0.39 is 5.60 Å². The molecule has 3 aromatic rings. The number of aliphatic imine (C=N–C) groups is 1. The average Bonchev–Trinajstić information content (AvgIpc) is 3.20. The standard InChI is InChI=1S/C21H25N3OS/c1-3-22-20(24-15-21(2,25)18-11-12-26-14-18)23-13-17-9-6-8-16-7-4-5-10-19(16)17/h4-12,14,25H,3,13,15H2,1-2H3,(H2,22,23,24). The lowest BCUT2D eigenvalue weighted by Crippen LogP contribution is -2.44. The maximum Gasteiger partial charge on any atom is 0.191 e. The predicted molar refractivity (Wildman–Crippen MR) is 111 cm³/mol. The van der Waals surface area contributed by atoms with Crippen LogP contribution in [0.1, 0.15) is 25.0 Å².